The van der Waals surface area contributed by atoms with Crippen LogP contribution in [0.3, 0.4) is 0 Å². The third kappa shape index (κ3) is 4.21. The van der Waals surface area contributed by atoms with E-state index in [1.54, 1.807) is 49.4 Å². The fourth-order valence-corrected chi connectivity index (χ4v) is 2.35. The fourth-order valence-electron chi connectivity index (χ4n) is 2.35. The van der Waals surface area contributed by atoms with Gasteiger partial charge in [0.05, 0.1) is 24.8 Å². The van der Waals surface area contributed by atoms with Crippen LogP contribution in [-0.4, -0.2) is 25.2 Å². The molecule has 6 nitrogen and oxygen atoms in total. The first kappa shape index (κ1) is 16.7. The van der Waals surface area contributed by atoms with Gasteiger partial charge in [-0.3, -0.25) is 4.79 Å². The summed E-state index contributed by atoms with van der Waals surface area (Å²) in [5, 5.41) is 11.6. The number of amides is 1. The minimum Gasteiger partial charge on any atom is -0.490 e. The summed E-state index contributed by atoms with van der Waals surface area (Å²) in [6.45, 7) is 2.87. The van der Waals surface area contributed by atoms with Crippen molar-refractivity contribution in [2.75, 3.05) is 18.5 Å². The van der Waals surface area contributed by atoms with Crippen LogP contribution in [0, 0.1) is 11.3 Å². The SMILES string of the molecule is C[C@H](Oc1ccc(C#N)cc1)C(=O)Nc1ccc2c(c1)OCCCO2. The lowest BCUT2D eigenvalue weighted by Gasteiger charge is -2.15. The third-order valence-electron chi connectivity index (χ3n) is 3.68. The van der Waals surface area contributed by atoms with Gasteiger partial charge in [-0.15, -0.1) is 0 Å². The summed E-state index contributed by atoms with van der Waals surface area (Å²) in [5.41, 5.74) is 1.15. The van der Waals surface area contributed by atoms with E-state index in [1.165, 1.54) is 0 Å². The van der Waals surface area contributed by atoms with Crippen molar-refractivity contribution < 1.29 is 19.0 Å². The first-order chi connectivity index (χ1) is 12.2. The summed E-state index contributed by atoms with van der Waals surface area (Å²) < 4.78 is 16.8. The number of nitriles is 1. The number of hydrogen-bond acceptors (Lipinski definition) is 5. The molecule has 0 aliphatic carbocycles. The molecule has 1 N–H and O–H groups in total. The summed E-state index contributed by atoms with van der Waals surface area (Å²) in [4.78, 5) is 12.3. The highest BCUT2D eigenvalue weighted by Gasteiger charge is 2.17. The minimum atomic E-state index is -0.691. The number of fused-ring (bicyclic) bond motifs is 1. The molecule has 0 bridgehead atoms. The molecule has 2 aromatic carbocycles. The van der Waals surface area contributed by atoms with Crippen molar-refractivity contribution in [3.63, 3.8) is 0 Å². The number of benzene rings is 2. The monoisotopic (exact) mass is 338 g/mol. The molecular formula is C19H18N2O4. The van der Waals surface area contributed by atoms with Crippen molar-refractivity contribution in [2.24, 2.45) is 0 Å². The predicted octanol–water partition coefficient (Wildman–Crippen LogP) is 3.13. The van der Waals surface area contributed by atoms with Crippen molar-refractivity contribution >= 4 is 11.6 Å². The molecule has 0 fully saturated rings. The zero-order valence-electron chi connectivity index (χ0n) is 13.8. The Bertz CT molecular complexity index is 796. The maximum atomic E-state index is 12.3. The predicted molar refractivity (Wildman–Crippen MR) is 91.9 cm³/mol. The summed E-state index contributed by atoms with van der Waals surface area (Å²) in [6, 6.07) is 13.9. The second kappa shape index (κ2) is 7.58. The number of rotatable bonds is 4. The molecule has 0 saturated heterocycles. The van der Waals surface area contributed by atoms with Crippen molar-refractivity contribution in [2.45, 2.75) is 19.4 Å². The highest BCUT2D eigenvalue weighted by atomic mass is 16.5. The van der Waals surface area contributed by atoms with E-state index >= 15 is 0 Å². The number of nitrogens with zero attached hydrogens (tertiary/aromatic N) is 1. The molecule has 1 aliphatic heterocycles. The highest BCUT2D eigenvalue weighted by molar-refractivity contribution is 5.94. The van der Waals surface area contributed by atoms with E-state index in [-0.39, 0.29) is 5.91 Å². The molecule has 1 aliphatic rings. The van der Waals surface area contributed by atoms with Crippen LogP contribution in [0.5, 0.6) is 17.2 Å². The number of hydrogen-bond donors (Lipinski definition) is 1. The van der Waals surface area contributed by atoms with E-state index in [0.717, 1.165) is 6.42 Å². The molecule has 0 saturated carbocycles. The first-order valence-corrected chi connectivity index (χ1v) is 8.03. The van der Waals surface area contributed by atoms with Gasteiger partial charge in [-0.05, 0) is 43.3 Å². The second-order valence-corrected chi connectivity index (χ2v) is 5.60. The van der Waals surface area contributed by atoms with E-state index in [2.05, 4.69) is 5.32 Å². The van der Waals surface area contributed by atoms with Gasteiger partial charge < -0.3 is 19.5 Å². The van der Waals surface area contributed by atoms with Crippen molar-refractivity contribution in [1.29, 1.82) is 5.26 Å². The molecule has 1 heterocycles. The van der Waals surface area contributed by atoms with Gasteiger partial charge in [0.25, 0.3) is 5.91 Å². The van der Waals surface area contributed by atoms with Crippen LogP contribution in [0.2, 0.25) is 0 Å². The lowest BCUT2D eigenvalue weighted by molar-refractivity contribution is -0.122. The molecule has 2 aromatic rings. The number of ether oxygens (including phenoxy) is 3. The Labute approximate surface area is 145 Å². The Balaban J connectivity index is 1.63. The topological polar surface area (TPSA) is 80.6 Å². The molecule has 0 unspecified atom stereocenters. The van der Waals surface area contributed by atoms with Crippen LogP contribution >= 0.6 is 0 Å². The van der Waals surface area contributed by atoms with Gasteiger partial charge in [-0.2, -0.15) is 5.26 Å². The molecule has 1 atom stereocenters. The second-order valence-electron chi connectivity index (χ2n) is 5.60. The van der Waals surface area contributed by atoms with Crippen LogP contribution in [0.15, 0.2) is 42.5 Å². The number of carbonyl (C=O) groups is 1. The molecule has 0 spiro atoms. The van der Waals surface area contributed by atoms with Crippen molar-refractivity contribution in [3.8, 4) is 23.3 Å². The molecule has 3 rings (SSSR count). The van der Waals surface area contributed by atoms with E-state index < -0.39 is 6.10 Å². The Morgan fingerprint density at radius 1 is 1.16 bits per heavy atom. The van der Waals surface area contributed by atoms with Crippen LogP contribution < -0.4 is 19.5 Å². The smallest absolute Gasteiger partial charge is 0.265 e. The zero-order valence-corrected chi connectivity index (χ0v) is 13.8. The van der Waals surface area contributed by atoms with Gasteiger partial charge in [0.2, 0.25) is 0 Å². The van der Waals surface area contributed by atoms with Gasteiger partial charge in [0, 0.05) is 18.2 Å². The maximum Gasteiger partial charge on any atom is 0.265 e. The fraction of sp³-hybridized carbons (Fsp3) is 0.263. The molecule has 6 heteroatoms. The van der Waals surface area contributed by atoms with Crippen molar-refractivity contribution in [1.82, 2.24) is 0 Å². The Hall–Kier alpha value is -3.20. The molecule has 1 amide bonds. The lowest BCUT2D eigenvalue weighted by atomic mass is 10.2. The largest absolute Gasteiger partial charge is 0.490 e. The number of nitrogens with one attached hydrogen (secondary N) is 1. The van der Waals surface area contributed by atoms with E-state index in [4.69, 9.17) is 19.5 Å². The molecule has 25 heavy (non-hydrogen) atoms. The number of carbonyl (C=O) groups excluding carboxylic acids is 1. The van der Waals surface area contributed by atoms with Gasteiger partial charge >= 0.3 is 0 Å². The zero-order chi connectivity index (χ0) is 17.6. The minimum absolute atomic E-state index is 0.279. The summed E-state index contributed by atoms with van der Waals surface area (Å²) >= 11 is 0. The Morgan fingerprint density at radius 2 is 1.88 bits per heavy atom. The third-order valence-corrected chi connectivity index (χ3v) is 3.68. The number of anilines is 1. The highest BCUT2D eigenvalue weighted by Crippen LogP contribution is 2.32. The molecule has 0 radical (unpaired) electrons. The van der Waals surface area contributed by atoms with Gasteiger partial charge in [-0.1, -0.05) is 0 Å². The van der Waals surface area contributed by atoms with Crippen LogP contribution in [0.4, 0.5) is 5.69 Å². The first-order valence-electron chi connectivity index (χ1n) is 8.03. The van der Waals surface area contributed by atoms with Crippen LogP contribution in [-0.2, 0) is 4.79 Å². The summed E-state index contributed by atoms with van der Waals surface area (Å²) in [7, 11) is 0. The normalized spacial score (nSPS) is 13.9. The molecular weight excluding hydrogens is 320 g/mol. The maximum absolute atomic E-state index is 12.3. The van der Waals surface area contributed by atoms with Crippen LogP contribution in [0.25, 0.3) is 0 Å². The lowest BCUT2D eigenvalue weighted by Crippen LogP contribution is -2.30. The Kier molecular flexibility index (Phi) is 5.05. The Morgan fingerprint density at radius 3 is 2.60 bits per heavy atom. The van der Waals surface area contributed by atoms with E-state index in [9.17, 15) is 4.79 Å². The standard InChI is InChI=1S/C19H18N2O4/c1-13(25-16-6-3-14(12-20)4-7-16)19(22)21-15-5-8-17-18(11-15)24-10-2-9-23-17/h3-8,11,13H,2,9-10H2,1H3,(H,21,22)/t13-/m0/s1. The average Bonchev–Trinajstić information content (AvgIpc) is 2.87. The van der Waals surface area contributed by atoms with E-state index in [1.807, 2.05) is 6.07 Å². The van der Waals surface area contributed by atoms with Crippen LogP contribution in [0.1, 0.15) is 18.9 Å². The summed E-state index contributed by atoms with van der Waals surface area (Å²) in [6.07, 6.45) is 0.134. The molecule has 128 valence electrons. The quantitative estimate of drug-likeness (QED) is 0.926. The van der Waals surface area contributed by atoms with Gasteiger partial charge in [-0.25, -0.2) is 0 Å². The average molecular weight is 338 g/mol. The van der Waals surface area contributed by atoms with Gasteiger partial charge in [0.15, 0.2) is 17.6 Å². The van der Waals surface area contributed by atoms with Gasteiger partial charge in [0.1, 0.15) is 5.75 Å². The van der Waals surface area contributed by atoms with E-state index in [0.29, 0.717) is 41.7 Å². The van der Waals surface area contributed by atoms with Crippen molar-refractivity contribution in [3.05, 3.63) is 48.0 Å². The summed E-state index contributed by atoms with van der Waals surface area (Å²) in [5.74, 6) is 1.55. The molecule has 0 aromatic heterocycles.